The van der Waals surface area contributed by atoms with Gasteiger partial charge in [0.15, 0.2) is 0 Å². The lowest BCUT2D eigenvalue weighted by Crippen LogP contribution is -2.30. The minimum Gasteiger partial charge on any atom is -0.372 e. The Bertz CT molecular complexity index is 1140. The largest absolute Gasteiger partial charge is 0.372 e. The SMILES string of the molecule is Cc1c(NC(=O)CS(=O)(=O)Nc2ccc(N3CCCCC3)cc2)cccc1C(=O)N1CCCC1. The van der Waals surface area contributed by atoms with E-state index in [-0.39, 0.29) is 5.91 Å². The van der Waals surface area contributed by atoms with E-state index in [0.717, 1.165) is 57.5 Å². The average Bonchev–Trinajstić information content (AvgIpc) is 3.35. The summed E-state index contributed by atoms with van der Waals surface area (Å²) in [6.45, 7) is 5.25. The van der Waals surface area contributed by atoms with Gasteiger partial charge in [-0.2, -0.15) is 0 Å². The predicted octanol–water partition coefficient (Wildman–Crippen LogP) is 3.60. The summed E-state index contributed by atoms with van der Waals surface area (Å²) >= 11 is 0. The number of likely N-dealkylation sites (tertiary alicyclic amines) is 1. The average molecular weight is 485 g/mol. The van der Waals surface area contributed by atoms with E-state index in [2.05, 4.69) is 14.9 Å². The molecule has 0 atom stereocenters. The van der Waals surface area contributed by atoms with Crippen LogP contribution < -0.4 is 14.9 Å². The molecule has 2 amide bonds. The zero-order chi connectivity index (χ0) is 24.1. The first-order valence-electron chi connectivity index (χ1n) is 11.9. The molecule has 2 aliphatic heterocycles. The normalized spacial score (nSPS) is 16.4. The van der Waals surface area contributed by atoms with Gasteiger partial charge in [-0.1, -0.05) is 6.07 Å². The number of hydrogen-bond donors (Lipinski definition) is 2. The second-order valence-corrected chi connectivity index (χ2v) is 10.7. The maximum Gasteiger partial charge on any atom is 0.254 e. The highest BCUT2D eigenvalue weighted by molar-refractivity contribution is 7.93. The molecule has 8 nitrogen and oxygen atoms in total. The van der Waals surface area contributed by atoms with Gasteiger partial charge in [0, 0.05) is 48.8 Å². The van der Waals surface area contributed by atoms with Gasteiger partial charge < -0.3 is 15.1 Å². The number of sulfonamides is 1. The maximum atomic E-state index is 12.8. The zero-order valence-electron chi connectivity index (χ0n) is 19.5. The Morgan fingerprint density at radius 1 is 0.882 bits per heavy atom. The quantitative estimate of drug-likeness (QED) is 0.626. The van der Waals surface area contributed by atoms with Crippen molar-refractivity contribution in [3.63, 3.8) is 0 Å². The van der Waals surface area contributed by atoms with Crippen LogP contribution in [0.25, 0.3) is 0 Å². The number of hydrogen-bond acceptors (Lipinski definition) is 5. The molecule has 2 aromatic rings. The monoisotopic (exact) mass is 484 g/mol. The Kier molecular flexibility index (Phi) is 7.41. The number of anilines is 3. The number of benzene rings is 2. The summed E-state index contributed by atoms with van der Waals surface area (Å²) in [5, 5.41) is 2.65. The number of nitrogens with one attached hydrogen (secondary N) is 2. The highest BCUT2D eigenvalue weighted by Crippen LogP contribution is 2.24. The van der Waals surface area contributed by atoms with Crippen LogP contribution in [0.1, 0.15) is 48.0 Å². The molecule has 2 aliphatic rings. The lowest BCUT2D eigenvalue weighted by atomic mass is 10.1. The van der Waals surface area contributed by atoms with E-state index < -0.39 is 21.7 Å². The second-order valence-electron chi connectivity index (χ2n) is 8.98. The van der Waals surface area contributed by atoms with Crippen molar-refractivity contribution in [1.29, 1.82) is 0 Å². The predicted molar refractivity (Wildman–Crippen MR) is 135 cm³/mol. The molecule has 34 heavy (non-hydrogen) atoms. The van der Waals surface area contributed by atoms with Gasteiger partial charge in [0.25, 0.3) is 5.91 Å². The van der Waals surface area contributed by atoms with Gasteiger partial charge in [-0.05, 0) is 81.0 Å². The van der Waals surface area contributed by atoms with E-state index in [9.17, 15) is 18.0 Å². The standard InChI is InChI=1S/C25H32N4O4S/c1-19-22(25(31)29-16-5-6-17-29)8-7-9-23(19)26-24(30)18-34(32,33)27-20-10-12-21(13-11-20)28-14-3-2-4-15-28/h7-13,27H,2-6,14-18H2,1H3,(H,26,30). The van der Waals surface area contributed by atoms with E-state index in [4.69, 9.17) is 0 Å². The molecule has 0 aliphatic carbocycles. The Hall–Kier alpha value is -3.07. The summed E-state index contributed by atoms with van der Waals surface area (Å²) in [4.78, 5) is 29.4. The molecule has 2 heterocycles. The molecule has 2 saturated heterocycles. The minimum atomic E-state index is -3.89. The molecule has 9 heteroatoms. The minimum absolute atomic E-state index is 0.0617. The van der Waals surface area contributed by atoms with Gasteiger partial charge >= 0.3 is 0 Å². The summed E-state index contributed by atoms with van der Waals surface area (Å²) < 4.78 is 27.6. The van der Waals surface area contributed by atoms with Crippen molar-refractivity contribution in [2.24, 2.45) is 0 Å². The van der Waals surface area contributed by atoms with Crippen molar-refractivity contribution in [1.82, 2.24) is 4.90 Å². The Morgan fingerprint density at radius 2 is 1.53 bits per heavy atom. The number of nitrogens with zero attached hydrogens (tertiary/aromatic N) is 2. The van der Waals surface area contributed by atoms with Crippen LogP contribution in [0, 0.1) is 6.92 Å². The lowest BCUT2D eigenvalue weighted by Gasteiger charge is -2.28. The Morgan fingerprint density at radius 3 is 2.21 bits per heavy atom. The summed E-state index contributed by atoms with van der Waals surface area (Å²) in [7, 11) is -3.89. The molecule has 2 fully saturated rings. The van der Waals surface area contributed by atoms with E-state index in [1.165, 1.54) is 6.42 Å². The fourth-order valence-electron chi connectivity index (χ4n) is 4.56. The van der Waals surface area contributed by atoms with Gasteiger partial charge in [-0.15, -0.1) is 0 Å². The first kappa shape index (κ1) is 24.1. The summed E-state index contributed by atoms with van der Waals surface area (Å²) in [6.07, 6.45) is 5.56. The smallest absolute Gasteiger partial charge is 0.254 e. The van der Waals surface area contributed by atoms with Crippen LogP contribution in [-0.4, -0.2) is 57.1 Å². The van der Waals surface area contributed by atoms with Gasteiger partial charge in [0.1, 0.15) is 5.75 Å². The first-order chi connectivity index (χ1) is 16.3. The third-order valence-corrected chi connectivity index (χ3v) is 7.60. The van der Waals surface area contributed by atoms with Crippen molar-refractivity contribution >= 4 is 38.9 Å². The van der Waals surface area contributed by atoms with Crippen LogP contribution in [-0.2, 0) is 14.8 Å². The van der Waals surface area contributed by atoms with Crippen LogP contribution in [0.2, 0.25) is 0 Å². The molecule has 0 unspecified atom stereocenters. The van der Waals surface area contributed by atoms with Crippen molar-refractivity contribution in [2.75, 3.05) is 46.9 Å². The van der Waals surface area contributed by atoms with Crippen molar-refractivity contribution in [3.05, 3.63) is 53.6 Å². The van der Waals surface area contributed by atoms with E-state index >= 15 is 0 Å². The topological polar surface area (TPSA) is 98.8 Å². The van der Waals surface area contributed by atoms with Crippen LogP contribution in [0.4, 0.5) is 17.1 Å². The van der Waals surface area contributed by atoms with Gasteiger partial charge in [-0.3, -0.25) is 14.3 Å². The molecule has 0 aromatic heterocycles. The van der Waals surface area contributed by atoms with E-state index in [0.29, 0.717) is 22.5 Å². The molecular weight excluding hydrogens is 452 g/mol. The summed E-state index contributed by atoms with van der Waals surface area (Å²) in [6, 6.07) is 12.3. The third kappa shape index (κ3) is 5.88. The van der Waals surface area contributed by atoms with Crippen molar-refractivity contribution in [3.8, 4) is 0 Å². The Labute approximate surface area is 201 Å². The molecule has 182 valence electrons. The number of rotatable bonds is 7. The number of amides is 2. The van der Waals surface area contributed by atoms with Gasteiger partial charge in [0.05, 0.1) is 0 Å². The van der Waals surface area contributed by atoms with Gasteiger partial charge in [0.2, 0.25) is 15.9 Å². The molecule has 2 N–H and O–H groups in total. The van der Waals surface area contributed by atoms with Crippen molar-refractivity contribution in [2.45, 2.75) is 39.0 Å². The fraction of sp³-hybridized carbons (Fsp3) is 0.440. The highest BCUT2D eigenvalue weighted by atomic mass is 32.2. The molecular formula is C25H32N4O4S. The number of piperidine rings is 1. The summed E-state index contributed by atoms with van der Waals surface area (Å²) in [5.41, 5.74) is 3.08. The second kappa shape index (κ2) is 10.5. The van der Waals surface area contributed by atoms with Crippen LogP contribution in [0.15, 0.2) is 42.5 Å². The van der Waals surface area contributed by atoms with Crippen molar-refractivity contribution < 1.29 is 18.0 Å². The fourth-order valence-corrected chi connectivity index (χ4v) is 5.54. The molecule has 0 saturated carbocycles. The third-order valence-electron chi connectivity index (χ3n) is 6.41. The highest BCUT2D eigenvalue weighted by Gasteiger charge is 2.23. The number of carbonyl (C=O) groups excluding carboxylic acids is 2. The summed E-state index contributed by atoms with van der Waals surface area (Å²) in [5.74, 6) is -1.44. The van der Waals surface area contributed by atoms with Crippen LogP contribution in [0.3, 0.4) is 0 Å². The van der Waals surface area contributed by atoms with Crippen LogP contribution >= 0.6 is 0 Å². The number of carbonyl (C=O) groups is 2. The molecule has 4 rings (SSSR count). The molecule has 2 aromatic carbocycles. The molecule has 0 radical (unpaired) electrons. The molecule has 0 spiro atoms. The molecule has 0 bridgehead atoms. The van der Waals surface area contributed by atoms with E-state index in [1.54, 1.807) is 42.2 Å². The van der Waals surface area contributed by atoms with Crippen LogP contribution in [0.5, 0.6) is 0 Å². The van der Waals surface area contributed by atoms with E-state index in [1.807, 2.05) is 12.1 Å². The Balaban J connectivity index is 1.36. The lowest BCUT2D eigenvalue weighted by molar-refractivity contribution is -0.113. The zero-order valence-corrected chi connectivity index (χ0v) is 20.4. The first-order valence-corrected chi connectivity index (χ1v) is 13.5. The van der Waals surface area contributed by atoms with Gasteiger partial charge in [-0.25, -0.2) is 8.42 Å². The maximum absolute atomic E-state index is 12.8.